The van der Waals surface area contributed by atoms with Crippen LogP contribution >= 0.6 is 28.5 Å². The van der Waals surface area contributed by atoms with Crippen LogP contribution in [0.5, 0.6) is 0 Å². The highest BCUT2D eigenvalue weighted by atomic mass is 33.1. The maximum absolute atomic E-state index is 12.0. The standard InChI is InChI=1S/C8H17O2PS2/c1-4-7-12-11(9,10-6-3)13-8-5-2/h4H,1,5-8H2,2-3H3. The Morgan fingerprint density at radius 1 is 1.46 bits per heavy atom. The third-order valence-electron chi connectivity index (χ3n) is 1.09. The van der Waals surface area contributed by atoms with Gasteiger partial charge in [-0.3, -0.25) is 4.57 Å². The Morgan fingerprint density at radius 2 is 2.15 bits per heavy atom. The van der Waals surface area contributed by atoms with Crippen LogP contribution in [-0.2, 0) is 9.09 Å². The molecule has 13 heavy (non-hydrogen) atoms. The Kier molecular flexibility index (Phi) is 8.37. The van der Waals surface area contributed by atoms with Crippen molar-refractivity contribution in [3.8, 4) is 0 Å². The van der Waals surface area contributed by atoms with Gasteiger partial charge in [-0.1, -0.05) is 35.8 Å². The largest absolute Gasteiger partial charge is 0.314 e. The molecule has 0 bridgehead atoms. The van der Waals surface area contributed by atoms with Crippen LogP contribution < -0.4 is 0 Å². The highest BCUT2D eigenvalue weighted by molar-refractivity contribution is 8.89. The van der Waals surface area contributed by atoms with Crippen LogP contribution in [0.4, 0.5) is 0 Å². The van der Waals surface area contributed by atoms with E-state index in [2.05, 4.69) is 13.5 Å². The van der Waals surface area contributed by atoms with Crippen LogP contribution in [0.25, 0.3) is 0 Å². The summed E-state index contributed by atoms with van der Waals surface area (Å²) < 4.78 is 17.3. The lowest BCUT2D eigenvalue weighted by atomic mass is 10.6. The second-order valence-corrected chi connectivity index (χ2v) is 9.82. The summed E-state index contributed by atoms with van der Waals surface area (Å²) in [7, 11) is 0. The zero-order valence-electron chi connectivity index (χ0n) is 8.19. The van der Waals surface area contributed by atoms with Crippen molar-refractivity contribution in [2.45, 2.75) is 20.3 Å². The highest BCUT2D eigenvalue weighted by Crippen LogP contribution is 2.69. The van der Waals surface area contributed by atoms with Crippen LogP contribution in [0.1, 0.15) is 20.3 Å². The van der Waals surface area contributed by atoms with Gasteiger partial charge in [-0.05, 0) is 13.3 Å². The van der Waals surface area contributed by atoms with E-state index < -0.39 is 5.77 Å². The lowest BCUT2D eigenvalue weighted by Gasteiger charge is -2.14. The van der Waals surface area contributed by atoms with Gasteiger partial charge in [0.1, 0.15) is 0 Å². The predicted molar refractivity (Wildman–Crippen MR) is 64.6 cm³/mol. The van der Waals surface area contributed by atoms with Gasteiger partial charge in [-0.2, -0.15) is 0 Å². The number of hydrogen-bond donors (Lipinski definition) is 0. The van der Waals surface area contributed by atoms with Crippen molar-refractivity contribution in [2.24, 2.45) is 0 Å². The van der Waals surface area contributed by atoms with E-state index in [4.69, 9.17) is 4.52 Å². The van der Waals surface area contributed by atoms with Crippen molar-refractivity contribution >= 4 is 28.5 Å². The first-order valence-corrected chi connectivity index (χ1v) is 9.13. The van der Waals surface area contributed by atoms with Gasteiger partial charge in [-0.15, -0.1) is 6.58 Å². The van der Waals surface area contributed by atoms with Gasteiger partial charge in [0.05, 0.1) is 6.61 Å². The van der Waals surface area contributed by atoms with E-state index in [1.165, 1.54) is 22.8 Å². The zero-order valence-corrected chi connectivity index (χ0v) is 10.7. The Labute approximate surface area is 88.8 Å². The summed E-state index contributed by atoms with van der Waals surface area (Å²) >= 11 is 2.80. The molecule has 0 aliphatic heterocycles. The molecule has 0 aromatic rings. The predicted octanol–water partition coefficient (Wildman–Crippen LogP) is 4.19. The molecule has 0 amide bonds. The number of rotatable bonds is 8. The molecule has 0 spiro atoms. The minimum absolute atomic E-state index is 0.512. The molecule has 0 aliphatic rings. The zero-order chi connectivity index (χ0) is 10.2. The third kappa shape index (κ3) is 6.67. The molecular weight excluding hydrogens is 223 g/mol. The molecule has 0 aromatic heterocycles. The van der Waals surface area contributed by atoms with Gasteiger partial charge in [0.25, 0.3) is 0 Å². The molecule has 0 N–H and O–H groups in total. The molecule has 0 rings (SSSR count). The van der Waals surface area contributed by atoms with Crippen LogP contribution in [0, 0.1) is 0 Å². The first kappa shape index (κ1) is 13.6. The van der Waals surface area contributed by atoms with Gasteiger partial charge in [0, 0.05) is 11.5 Å². The SMILES string of the molecule is C=CCSP(=O)(OCC)SCCC. The van der Waals surface area contributed by atoms with Gasteiger partial charge in [-0.25, -0.2) is 0 Å². The van der Waals surface area contributed by atoms with Gasteiger partial charge >= 0.3 is 5.77 Å². The summed E-state index contributed by atoms with van der Waals surface area (Å²) in [6, 6.07) is 0. The maximum Gasteiger partial charge on any atom is 0.313 e. The summed E-state index contributed by atoms with van der Waals surface area (Å²) in [5, 5.41) is 0. The summed E-state index contributed by atoms with van der Waals surface area (Å²) in [4.78, 5) is 0. The maximum atomic E-state index is 12.0. The molecule has 0 saturated heterocycles. The molecule has 0 aromatic carbocycles. The average Bonchev–Trinajstić information content (AvgIpc) is 2.12. The van der Waals surface area contributed by atoms with Crippen molar-refractivity contribution in [1.82, 2.24) is 0 Å². The summed E-state index contributed by atoms with van der Waals surface area (Å²) in [5.41, 5.74) is 0. The molecule has 5 heteroatoms. The fourth-order valence-corrected chi connectivity index (χ4v) is 7.13. The van der Waals surface area contributed by atoms with E-state index in [1.807, 2.05) is 6.92 Å². The fourth-order valence-electron chi connectivity index (χ4n) is 0.617. The summed E-state index contributed by atoms with van der Waals surface area (Å²) in [5.74, 6) is -0.912. The van der Waals surface area contributed by atoms with E-state index in [9.17, 15) is 4.57 Å². The molecule has 0 heterocycles. The molecule has 0 radical (unpaired) electrons. The van der Waals surface area contributed by atoms with Crippen LogP contribution in [0.2, 0.25) is 0 Å². The monoisotopic (exact) mass is 240 g/mol. The van der Waals surface area contributed by atoms with E-state index in [-0.39, 0.29) is 0 Å². The third-order valence-corrected chi connectivity index (χ3v) is 8.70. The molecule has 0 fully saturated rings. The lowest BCUT2D eigenvalue weighted by Crippen LogP contribution is -1.85. The molecule has 78 valence electrons. The minimum Gasteiger partial charge on any atom is -0.314 e. The van der Waals surface area contributed by atoms with Gasteiger partial charge in [0.2, 0.25) is 0 Å². The van der Waals surface area contributed by atoms with Crippen molar-refractivity contribution < 1.29 is 9.09 Å². The minimum atomic E-state index is -2.49. The highest BCUT2D eigenvalue weighted by Gasteiger charge is 2.22. The summed E-state index contributed by atoms with van der Waals surface area (Å²) in [6.45, 7) is 8.05. The fraction of sp³-hybridized carbons (Fsp3) is 0.750. The molecular formula is C8H17O2PS2. The van der Waals surface area contributed by atoms with Crippen LogP contribution in [0.3, 0.4) is 0 Å². The smallest absolute Gasteiger partial charge is 0.313 e. The Bertz CT molecular complexity index is 185. The first-order valence-electron chi connectivity index (χ1n) is 4.33. The van der Waals surface area contributed by atoms with E-state index >= 15 is 0 Å². The van der Waals surface area contributed by atoms with Crippen molar-refractivity contribution in [3.63, 3.8) is 0 Å². The van der Waals surface area contributed by atoms with E-state index in [0.29, 0.717) is 12.4 Å². The summed E-state index contributed by atoms with van der Waals surface area (Å²) in [6.07, 6.45) is 2.78. The lowest BCUT2D eigenvalue weighted by molar-refractivity contribution is 0.357. The molecule has 0 aliphatic carbocycles. The second kappa shape index (κ2) is 7.98. The Balaban J connectivity index is 3.99. The quantitative estimate of drug-likeness (QED) is 0.469. The molecule has 1 atom stereocenters. The number of hydrogen-bond acceptors (Lipinski definition) is 4. The van der Waals surface area contributed by atoms with Crippen molar-refractivity contribution in [3.05, 3.63) is 12.7 Å². The van der Waals surface area contributed by atoms with Crippen LogP contribution in [0.15, 0.2) is 12.7 Å². The normalized spacial score (nSPS) is 15.2. The van der Waals surface area contributed by atoms with Crippen LogP contribution in [-0.4, -0.2) is 18.1 Å². The Morgan fingerprint density at radius 3 is 2.62 bits per heavy atom. The van der Waals surface area contributed by atoms with Crippen molar-refractivity contribution in [1.29, 1.82) is 0 Å². The van der Waals surface area contributed by atoms with E-state index in [0.717, 1.165) is 12.2 Å². The average molecular weight is 240 g/mol. The first-order chi connectivity index (χ1) is 6.18. The van der Waals surface area contributed by atoms with Crippen molar-refractivity contribution in [2.75, 3.05) is 18.1 Å². The molecule has 2 nitrogen and oxygen atoms in total. The Hall–Kier alpha value is 0.630. The van der Waals surface area contributed by atoms with Gasteiger partial charge < -0.3 is 4.52 Å². The molecule has 0 saturated carbocycles. The van der Waals surface area contributed by atoms with Gasteiger partial charge in [0.15, 0.2) is 0 Å². The van der Waals surface area contributed by atoms with E-state index in [1.54, 1.807) is 6.08 Å². The second-order valence-electron chi connectivity index (χ2n) is 2.28. The topological polar surface area (TPSA) is 26.3 Å². The molecule has 1 unspecified atom stereocenters.